The number of hydrogen-bond donors (Lipinski definition) is 1. The molecule has 3 aromatic rings. The summed E-state index contributed by atoms with van der Waals surface area (Å²) >= 11 is 1.01. The van der Waals surface area contributed by atoms with Gasteiger partial charge in [0.15, 0.2) is 0 Å². The first kappa shape index (κ1) is 21.6. The number of benzene rings is 2. The molecule has 0 saturated carbocycles. The Morgan fingerprint density at radius 3 is 2.55 bits per heavy atom. The molecule has 4 rings (SSSR count). The van der Waals surface area contributed by atoms with Crippen LogP contribution in [0, 0.1) is 0 Å². The van der Waals surface area contributed by atoms with Crippen molar-refractivity contribution in [2.75, 3.05) is 0 Å². The molecule has 0 aliphatic carbocycles. The van der Waals surface area contributed by atoms with E-state index >= 15 is 0 Å². The Hall–Kier alpha value is -2.13. The molecule has 1 atom stereocenters. The molecule has 1 aromatic heterocycles. The summed E-state index contributed by atoms with van der Waals surface area (Å²) in [5, 5.41) is 2.16. The van der Waals surface area contributed by atoms with Crippen LogP contribution in [0.1, 0.15) is 12.8 Å². The minimum atomic E-state index is -0.393. The Kier molecular flexibility index (Phi) is 6.79. The number of fused-ring (bicyclic) bond motifs is 1. The average Bonchev–Trinajstić information content (AvgIpc) is 3.01. The van der Waals surface area contributed by atoms with E-state index in [4.69, 9.17) is 4.74 Å². The third kappa shape index (κ3) is 4.72. The summed E-state index contributed by atoms with van der Waals surface area (Å²) in [5.74, 6) is 0.912. The van der Waals surface area contributed by atoms with Crippen LogP contribution in [0.5, 0.6) is 5.75 Å². The fourth-order valence-corrected chi connectivity index (χ4v) is 3.86. The van der Waals surface area contributed by atoms with E-state index in [1.165, 1.54) is 4.57 Å². The number of imide groups is 1. The molecule has 1 N–H and O–H groups in total. The Bertz CT molecular complexity index is 1140. The summed E-state index contributed by atoms with van der Waals surface area (Å²) < 4.78 is 7.27. The maximum Gasteiger partial charge on any atom is 1.00 e. The third-order valence-corrected chi connectivity index (χ3v) is 5.54. The standard InChI is InChI=1S/C20H17N3O4S.Na.H/c1-23-17(21-15-5-3-2-4-14(15)19(23)25)11-27-13-8-6-12(7-9-13)10-16-18(24)22-20(26)28-16;;/h2-9,16H,10-11H2,1H3,(H,22,24,26);;/q;+1;-1. The van der Waals surface area contributed by atoms with Gasteiger partial charge in [0.25, 0.3) is 10.8 Å². The summed E-state index contributed by atoms with van der Waals surface area (Å²) in [6, 6.07) is 14.5. The van der Waals surface area contributed by atoms with Gasteiger partial charge in [-0.2, -0.15) is 0 Å². The number of amides is 2. The fourth-order valence-electron chi connectivity index (χ4n) is 3.00. The summed E-state index contributed by atoms with van der Waals surface area (Å²) in [6.45, 7) is 0.158. The van der Waals surface area contributed by atoms with Gasteiger partial charge in [0.1, 0.15) is 18.2 Å². The molecule has 0 bridgehead atoms. The summed E-state index contributed by atoms with van der Waals surface area (Å²) in [7, 11) is 1.68. The predicted molar refractivity (Wildman–Crippen MR) is 107 cm³/mol. The van der Waals surface area contributed by atoms with Gasteiger partial charge in [-0.3, -0.25) is 24.3 Å². The molecular weight excluding hydrogens is 401 g/mol. The predicted octanol–water partition coefficient (Wildman–Crippen LogP) is -0.477. The molecule has 7 nitrogen and oxygen atoms in total. The number of carbonyl (C=O) groups is 2. The summed E-state index contributed by atoms with van der Waals surface area (Å²) in [6.07, 6.45) is 0.475. The van der Waals surface area contributed by atoms with Crippen molar-refractivity contribution in [3.8, 4) is 5.75 Å². The van der Waals surface area contributed by atoms with Crippen molar-refractivity contribution in [3.63, 3.8) is 0 Å². The van der Waals surface area contributed by atoms with Crippen LogP contribution in [0.4, 0.5) is 4.79 Å². The van der Waals surface area contributed by atoms with Crippen LogP contribution in [-0.2, 0) is 24.9 Å². The summed E-state index contributed by atoms with van der Waals surface area (Å²) in [4.78, 5) is 39.8. The number of aromatic nitrogens is 2. The molecule has 2 aromatic carbocycles. The minimum absolute atomic E-state index is 0. The Balaban J connectivity index is 0.00000160. The van der Waals surface area contributed by atoms with Crippen LogP contribution in [0.15, 0.2) is 53.3 Å². The molecule has 144 valence electrons. The third-order valence-electron chi connectivity index (χ3n) is 4.56. The van der Waals surface area contributed by atoms with Gasteiger partial charge in [-0.15, -0.1) is 0 Å². The van der Waals surface area contributed by atoms with Gasteiger partial charge in [0.2, 0.25) is 5.91 Å². The Labute approximate surface area is 194 Å². The number of ether oxygens (including phenoxy) is 1. The zero-order valence-electron chi connectivity index (χ0n) is 17.0. The van der Waals surface area contributed by atoms with Crippen molar-refractivity contribution >= 4 is 33.8 Å². The summed E-state index contributed by atoms with van der Waals surface area (Å²) in [5.41, 5.74) is 1.47. The zero-order valence-corrected chi connectivity index (χ0v) is 18.9. The van der Waals surface area contributed by atoms with Gasteiger partial charge < -0.3 is 6.16 Å². The molecule has 1 unspecified atom stereocenters. The van der Waals surface area contributed by atoms with E-state index in [0.717, 1.165) is 17.3 Å². The van der Waals surface area contributed by atoms with Crippen LogP contribution in [0.3, 0.4) is 0 Å². The van der Waals surface area contributed by atoms with E-state index in [9.17, 15) is 14.4 Å². The van der Waals surface area contributed by atoms with Crippen molar-refractivity contribution < 1.29 is 45.3 Å². The second-order valence-corrected chi connectivity index (χ2v) is 7.60. The van der Waals surface area contributed by atoms with Crippen molar-refractivity contribution in [2.45, 2.75) is 18.3 Å². The van der Waals surface area contributed by atoms with E-state index in [0.29, 0.717) is 28.9 Å². The SMILES string of the molecule is Cn1c(COc2ccc(CC3SC(=O)NC3=O)cc2)nc2ccccc2c1=O.[H-].[Na+]. The second kappa shape index (κ2) is 9.13. The van der Waals surface area contributed by atoms with Gasteiger partial charge in [-0.05, 0) is 36.2 Å². The van der Waals surface area contributed by atoms with Gasteiger partial charge in [-0.1, -0.05) is 36.0 Å². The van der Waals surface area contributed by atoms with Crippen LogP contribution in [0.25, 0.3) is 10.9 Å². The van der Waals surface area contributed by atoms with E-state index in [1.807, 2.05) is 24.3 Å². The van der Waals surface area contributed by atoms with E-state index in [-0.39, 0.29) is 54.3 Å². The van der Waals surface area contributed by atoms with Crippen LogP contribution < -0.4 is 45.2 Å². The zero-order chi connectivity index (χ0) is 19.7. The minimum Gasteiger partial charge on any atom is -1.00 e. The Morgan fingerprint density at radius 1 is 1.14 bits per heavy atom. The molecular formula is C20H18N3NaO4S. The quantitative estimate of drug-likeness (QED) is 0.562. The van der Waals surface area contributed by atoms with Crippen LogP contribution in [-0.4, -0.2) is 25.9 Å². The van der Waals surface area contributed by atoms with Crippen LogP contribution in [0.2, 0.25) is 0 Å². The molecule has 29 heavy (non-hydrogen) atoms. The normalized spacial score (nSPS) is 15.8. The smallest absolute Gasteiger partial charge is 1.00 e. The molecule has 1 aliphatic heterocycles. The largest absolute Gasteiger partial charge is 1.00 e. The maximum atomic E-state index is 12.4. The van der Waals surface area contributed by atoms with Gasteiger partial charge in [0, 0.05) is 7.05 Å². The van der Waals surface area contributed by atoms with Gasteiger partial charge in [-0.25, -0.2) is 4.98 Å². The monoisotopic (exact) mass is 419 g/mol. The number of thioether (sulfide) groups is 1. The number of rotatable bonds is 5. The van der Waals surface area contributed by atoms with Crippen molar-refractivity contribution in [3.05, 3.63) is 70.3 Å². The average molecular weight is 419 g/mol. The molecule has 1 saturated heterocycles. The number of para-hydroxylation sites is 1. The molecule has 0 radical (unpaired) electrons. The number of carbonyl (C=O) groups excluding carboxylic acids is 2. The van der Waals surface area contributed by atoms with Crippen molar-refractivity contribution in [1.29, 1.82) is 0 Å². The van der Waals surface area contributed by atoms with E-state index in [1.54, 1.807) is 31.3 Å². The second-order valence-electron chi connectivity index (χ2n) is 6.43. The first-order chi connectivity index (χ1) is 13.5. The van der Waals surface area contributed by atoms with Crippen molar-refractivity contribution in [2.24, 2.45) is 7.05 Å². The molecule has 1 aliphatic rings. The molecule has 2 heterocycles. The first-order valence-corrected chi connectivity index (χ1v) is 9.57. The molecule has 9 heteroatoms. The van der Waals surface area contributed by atoms with E-state index in [2.05, 4.69) is 10.3 Å². The molecule has 2 amide bonds. The van der Waals surface area contributed by atoms with Crippen LogP contribution >= 0.6 is 11.8 Å². The number of hydrogen-bond acceptors (Lipinski definition) is 6. The van der Waals surface area contributed by atoms with Gasteiger partial charge >= 0.3 is 29.6 Å². The maximum absolute atomic E-state index is 12.4. The van der Waals surface area contributed by atoms with Gasteiger partial charge in [0.05, 0.1) is 16.2 Å². The molecule has 1 fully saturated rings. The first-order valence-electron chi connectivity index (χ1n) is 8.69. The number of nitrogens with zero attached hydrogens (tertiary/aromatic N) is 2. The number of nitrogens with one attached hydrogen (secondary N) is 1. The van der Waals surface area contributed by atoms with Crippen molar-refractivity contribution in [1.82, 2.24) is 14.9 Å². The van der Waals surface area contributed by atoms with E-state index < -0.39 is 5.25 Å². The topological polar surface area (TPSA) is 90.3 Å². The molecule has 0 spiro atoms. The fraction of sp³-hybridized carbons (Fsp3) is 0.200. The Morgan fingerprint density at radius 2 is 1.86 bits per heavy atom.